The fraction of sp³-hybridized carbons (Fsp3) is 0.611. The van der Waals surface area contributed by atoms with Crippen molar-refractivity contribution in [3.8, 4) is 0 Å². The number of para-hydroxylation sites is 1. The van der Waals surface area contributed by atoms with Gasteiger partial charge < -0.3 is 14.7 Å². The number of nitrogens with zero attached hydrogens (tertiary/aromatic N) is 2. The Morgan fingerprint density at radius 3 is 3.09 bits per heavy atom. The molecule has 3 aliphatic heterocycles. The van der Waals surface area contributed by atoms with Gasteiger partial charge in [-0.2, -0.15) is 0 Å². The number of likely N-dealkylation sites (tertiary alicyclic amines) is 1. The maximum Gasteiger partial charge on any atom is 0.241 e. The van der Waals surface area contributed by atoms with Crippen molar-refractivity contribution >= 4 is 11.6 Å². The number of ether oxygens (including phenoxy) is 1. The number of hydrogen-bond donors (Lipinski definition) is 1. The standard InChI is InChI=1S/C18H24N2O3/c21-13-18-6-8-23-11-15(18)9-19(12-18)10-17(22)20-7-5-14-3-1-2-4-16(14)20/h1-4,15,21H,5-13H2/t15-,18-/m1/s1. The SMILES string of the molecule is O=C(CN1C[C@@H]2COCC[C@]2(CO)C1)N1CCc2ccccc21. The molecule has 1 amide bonds. The minimum Gasteiger partial charge on any atom is -0.396 e. The van der Waals surface area contributed by atoms with Crippen LogP contribution in [0.25, 0.3) is 0 Å². The molecule has 4 rings (SSSR count). The molecule has 0 radical (unpaired) electrons. The second-order valence-corrected chi connectivity index (χ2v) is 7.14. The number of carbonyl (C=O) groups excluding carboxylic acids is 1. The average molecular weight is 316 g/mol. The Hall–Kier alpha value is -1.43. The average Bonchev–Trinajstić information content (AvgIpc) is 3.16. The first kappa shape index (κ1) is 15.1. The van der Waals surface area contributed by atoms with Crippen LogP contribution in [0.3, 0.4) is 0 Å². The van der Waals surface area contributed by atoms with Gasteiger partial charge in [0.15, 0.2) is 0 Å². The van der Waals surface area contributed by atoms with Gasteiger partial charge in [0.05, 0.1) is 19.8 Å². The van der Waals surface area contributed by atoms with Gasteiger partial charge in [-0.05, 0) is 24.5 Å². The second-order valence-electron chi connectivity index (χ2n) is 7.14. The molecule has 5 nitrogen and oxygen atoms in total. The molecule has 2 fully saturated rings. The number of carbonyl (C=O) groups is 1. The molecule has 124 valence electrons. The number of hydrogen-bond acceptors (Lipinski definition) is 4. The van der Waals surface area contributed by atoms with Crippen LogP contribution in [0, 0.1) is 11.3 Å². The number of aliphatic hydroxyl groups is 1. The molecular weight excluding hydrogens is 292 g/mol. The number of benzene rings is 1. The van der Waals surface area contributed by atoms with E-state index < -0.39 is 0 Å². The minimum absolute atomic E-state index is 0.0680. The highest BCUT2D eigenvalue weighted by atomic mass is 16.5. The van der Waals surface area contributed by atoms with E-state index in [9.17, 15) is 9.90 Å². The minimum atomic E-state index is -0.0680. The topological polar surface area (TPSA) is 53.0 Å². The summed E-state index contributed by atoms with van der Waals surface area (Å²) < 4.78 is 5.58. The number of fused-ring (bicyclic) bond motifs is 2. The first-order chi connectivity index (χ1) is 11.2. The highest BCUT2D eigenvalue weighted by Gasteiger charge is 2.48. The Labute approximate surface area is 136 Å². The van der Waals surface area contributed by atoms with Crippen LogP contribution in [0.15, 0.2) is 24.3 Å². The van der Waals surface area contributed by atoms with E-state index in [1.165, 1.54) is 5.56 Å². The zero-order chi connectivity index (χ0) is 15.9. The van der Waals surface area contributed by atoms with Crippen molar-refractivity contribution in [1.82, 2.24) is 4.90 Å². The normalized spacial score (nSPS) is 30.3. The van der Waals surface area contributed by atoms with Gasteiger partial charge in [0.1, 0.15) is 0 Å². The first-order valence-electron chi connectivity index (χ1n) is 8.51. The predicted octanol–water partition coefficient (Wildman–Crippen LogP) is 0.907. The third kappa shape index (κ3) is 2.57. The summed E-state index contributed by atoms with van der Waals surface area (Å²) in [5.41, 5.74) is 2.26. The first-order valence-corrected chi connectivity index (χ1v) is 8.51. The van der Waals surface area contributed by atoms with E-state index in [0.717, 1.165) is 44.8 Å². The van der Waals surface area contributed by atoms with Crippen LogP contribution in [0.5, 0.6) is 0 Å². The van der Waals surface area contributed by atoms with Gasteiger partial charge in [0, 0.05) is 43.3 Å². The molecule has 2 atom stereocenters. The molecule has 0 spiro atoms. The molecule has 1 aromatic rings. The molecule has 1 N–H and O–H groups in total. The van der Waals surface area contributed by atoms with Gasteiger partial charge in [-0.15, -0.1) is 0 Å². The molecule has 1 aromatic carbocycles. The summed E-state index contributed by atoms with van der Waals surface area (Å²) >= 11 is 0. The van der Waals surface area contributed by atoms with E-state index in [1.807, 2.05) is 23.1 Å². The quantitative estimate of drug-likeness (QED) is 0.900. The van der Waals surface area contributed by atoms with E-state index in [2.05, 4.69) is 11.0 Å². The van der Waals surface area contributed by atoms with Crippen LogP contribution in [-0.4, -0.2) is 61.9 Å². The molecule has 0 aliphatic carbocycles. The van der Waals surface area contributed by atoms with Gasteiger partial charge in [-0.1, -0.05) is 18.2 Å². The van der Waals surface area contributed by atoms with Gasteiger partial charge >= 0.3 is 0 Å². The monoisotopic (exact) mass is 316 g/mol. The summed E-state index contributed by atoms with van der Waals surface area (Å²) in [5, 5.41) is 9.87. The Kier molecular flexibility index (Phi) is 3.87. The van der Waals surface area contributed by atoms with Crippen LogP contribution in [0.2, 0.25) is 0 Å². The van der Waals surface area contributed by atoms with Crippen LogP contribution in [-0.2, 0) is 16.0 Å². The molecule has 3 heterocycles. The smallest absolute Gasteiger partial charge is 0.241 e. The third-order valence-corrected chi connectivity index (χ3v) is 5.81. The van der Waals surface area contributed by atoms with Crippen molar-refractivity contribution < 1.29 is 14.6 Å². The zero-order valence-electron chi connectivity index (χ0n) is 13.4. The fourth-order valence-electron chi connectivity index (χ4n) is 4.41. The van der Waals surface area contributed by atoms with Gasteiger partial charge in [-0.3, -0.25) is 9.69 Å². The lowest BCUT2D eigenvalue weighted by Crippen LogP contribution is -2.42. The van der Waals surface area contributed by atoms with Crippen molar-refractivity contribution in [2.24, 2.45) is 11.3 Å². The van der Waals surface area contributed by atoms with Crippen molar-refractivity contribution in [3.63, 3.8) is 0 Å². The van der Waals surface area contributed by atoms with E-state index in [-0.39, 0.29) is 17.9 Å². The number of rotatable bonds is 3. The highest BCUT2D eigenvalue weighted by molar-refractivity contribution is 5.96. The largest absolute Gasteiger partial charge is 0.396 e. The second kappa shape index (κ2) is 5.89. The molecule has 3 aliphatic rings. The van der Waals surface area contributed by atoms with Crippen LogP contribution < -0.4 is 4.90 Å². The summed E-state index contributed by atoms with van der Waals surface area (Å²) in [5.74, 6) is 0.516. The third-order valence-electron chi connectivity index (χ3n) is 5.81. The molecule has 0 aromatic heterocycles. The van der Waals surface area contributed by atoms with Crippen LogP contribution in [0.1, 0.15) is 12.0 Å². The number of aliphatic hydroxyl groups excluding tert-OH is 1. The summed E-state index contributed by atoms with van der Waals surface area (Å²) in [4.78, 5) is 16.9. The summed E-state index contributed by atoms with van der Waals surface area (Å²) in [6.45, 7) is 4.49. The molecule has 23 heavy (non-hydrogen) atoms. The van der Waals surface area contributed by atoms with Gasteiger partial charge in [0.2, 0.25) is 5.91 Å². The van der Waals surface area contributed by atoms with E-state index >= 15 is 0 Å². The molecule has 0 unspecified atom stereocenters. The van der Waals surface area contributed by atoms with Crippen molar-refractivity contribution in [2.75, 3.05) is 50.9 Å². The lowest BCUT2D eigenvalue weighted by molar-refractivity contribution is -0.119. The zero-order valence-corrected chi connectivity index (χ0v) is 13.4. The lowest BCUT2D eigenvalue weighted by Gasteiger charge is -2.36. The van der Waals surface area contributed by atoms with Crippen molar-refractivity contribution in [1.29, 1.82) is 0 Å². The van der Waals surface area contributed by atoms with Crippen LogP contribution in [0.4, 0.5) is 5.69 Å². The van der Waals surface area contributed by atoms with Gasteiger partial charge in [0.25, 0.3) is 0 Å². The number of anilines is 1. The highest BCUT2D eigenvalue weighted by Crippen LogP contribution is 2.41. The fourth-order valence-corrected chi connectivity index (χ4v) is 4.41. The Balaban J connectivity index is 1.44. The van der Waals surface area contributed by atoms with Gasteiger partial charge in [-0.25, -0.2) is 0 Å². The molecule has 0 bridgehead atoms. The van der Waals surface area contributed by atoms with E-state index in [4.69, 9.17) is 4.74 Å². The summed E-state index contributed by atoms with van der Waals surface area (Å²) in [7, 11) is 0. The Morgan fingerprint density at radius 1 is 1.39 bits per heavy atom. The maximum absolute atomic E-state index is 12.8. The maximum atomic E-state index is 12.8. The van der Waals surface area contributed by atoms with E-state index in [1.54, 1.807) is 0 Å². The molecule has 2 saturated heterocycles. The lowest BCUT2D eigenvalue weighted by atomic mass is 9.75. The summed E-state index contributed by atoms with van der Waals surface area (Å²) in [6.07, 6.45) is 1.84. The predicted molar refractivity (Wildman–Crippen MR) is 87.4 cm³/mol. The van der Waals surface area contributed by atoms with E-state index in [0.29, 0.717) is 19.1 Å². The van der Waals surface area contributed by atoms with Crippen molar-refractivity contribution in [2.45, 2.75) is 12.8 Å². The number of amides is 1. The molecule has 5 heteroatoms. The molecular formula is C18H24N2O3. The van der Waals surface area contributed by atoms with Crippen molar-refractivity contribution in [3.05, 3.63) is 29.8 Å². The summed E-state index contributed by atoms with van der Waals surface area (Å²) in [6, 6.07) is 8.16. The Bertz CT molecular complexity index is 606. The Morgan fingerprint density at radius 2 is 2.26 bits per heavy atom. The van der Waals surface area contributed by atoms with Crippen LogP contribution >= 0.6 is 0 Å². The molecule has 0 saturated carbocycles.